The Kier molecular flexibility index (Phi) is 10.1. The topological polar surface area (TPSA) is 17.1 Å². The second kappa shape index (κ2) is 11.3. The number of Topliss-reactive ketones (excluding diaryl/α,β-unsaturated/α-hetero) is 1. The first-order chi connectivity index (χ1) is 9.77. The van der Waals surface area contributed by atoms with Crippen LogP contribution in [0.25, 0.3) is 0 Å². The molecule has 1 fully saturated rings. The fraction of sp³-hybridized carbons (Fsp3) is 0.947. The summed E-state index contributed by atoms with van der Waals surface area (Å²) in [6, 6.07) is 0. The van der Waals surface area contributed by atoms with Gasteiger partial charge in [0.05, 0.1) is 0 Å². The van der Waals surface area contributed by atoms with Crippen LogP contribution in [0, 0.1) is 11.8 Å². The van der Waals surface area contributed by atoms with E-state index in [0.717, 1.165) is 18.8 Å². The molecule has 1 aliphatic rings. The van der Waals surface area contributed by atoms with Gasteiger partial charge in [-0.3, -0.25) is 4.79 Å². The minimum absolute atomic E-state index is 0.419. The zero-order chi connectivity index (χ0) is 14.6. The lowest BCUT2D eigenvalue weighted by molar-refractivity contribution is -0.124. The molecule has 0 saturated heterocycles. The third-order valence-corrected chi connectivity index (χ3v) is 5.16. The van der Waals surface area contributed by atoms with Gasteiger partial charge in [0.25, 0.3) is 0 Å². The zero-order valence-corrected chi connectivity index (χ0v) is 14.0. The van der Waals surface area contributed by atoms with Gasteiger partial charge in [-0.1, -0.05) is 65.2 Å². The first-order valence-electron chi connectivity index (χ1n) is 9.30. The Bertz CT molecular complexity index is 238. The SMILES string of the molecule is CCCCCCCCCCC(=O)C1CCC(CC)CC1. The molecule has 1 nitrogen and oxygen atoms in total. The number of hydrogen-bond donors (Lipinski definition) is 0. The van der Waals surface area contributed by atoms with Crippen LogP contribution in [0.15, 0.2) is 0 Å². The lowest BCUT2D eigenvalue weighted by Crippen LogP contribution is -2.21. The van der Waals surface area contributed by atoms with Crippen LogP contribution in [-0.4, -0.2) is 5.78 Å². The van der Waals surface area contributed by atoms with Gasteiger partial charge in [0, 0.05) is 12.3 Å². The van der Waals surface area contributed by atoms with Gasteiger partial charge in [0.15, 0.2) is 0 Å². The van der Waals surface area contributed by atoms with Crippen LogP contribution < -0.4 is 0 Å². The monoisotopic (exact) mass is 280 g/mol. The van der Waals surface area contributed by atoms with Crippen molar-refractivity contribution >= 4 is 5.78 Å². The Labute approximate surface area is 126 Å². The predicted molar refractivity (Wildman–Crippen MR) is 88.0 cm³/mol. The maximum Gasteiger partial charge on any atom is 0.135 e. The third-order valence-electron chi connectivity index (χ3n) is 5.16. The van der Waals surface area contributed by atoms with E-state index in [1.807, 2.05) is 0 Å². The lowest BCUT2D eigenvalue weighted by atomic mass is 9.78. The summed E-state index contributed by atoms with van der Waals surface area (Å²) in [5.41, 5.74) is 0. The second-order valence-electron chi connectivity index (χ2n) is 6.82. The molecule has 0 N–H and O–H groups in total. The highest BCUT2D eigenvalue weighted by Crippen LogP contribution is 2.31. The number of carbonyl (C=O) groups is 1. The largest absolute Gasteiger partial charge is 0.299 e. The molecule has 0 amide bonds. The molecule has 118 valence electrons. The highest BCUT2D eigenvalue weighted by Gasteiger charge is 2.24. The molecular weight excluding hydrogens is 244 g/mol. The van der Waals surface area contributed by atoms with E-state index in [9.17, 15) is 4.79 Å². The molecule has 0 aliphatic heterocycles. The molecule has 1 rings (SSSR count). The summed E-state index contributed by atoms with van der Waals surface area (Å²) >= 11 is 0. The number of unbranched alkanes of at least 4 members (excludes halogenated alkanes) is 7. The van der Waals surface area contributed by atoms with Crippen LogP contribution in [0.5, 0.6) is 0 Å². The van der Waals surface area contributed by atoms with Crippen molar-refractivity contribution in [2.75, 3.05) is 0 Å². The predicted octanol–water partition coefficient (Wildman–Crippen LogP) is 6.30. The van der Waals surface area contributed by atoms with Crippen molar-refractivity contribution in [3.8, 4) is 0 Å². The fourth-order valence-corrected chi connectivity index (χ4v) is 3.53. The molecule has 0 spiro atoms. The van der Waals surface area contributed by atoms with Crippen LogP contribution in [0.1, 0.15) is 104 Å². The highest BCUT2D eigenvalue weighted by molar-refractivity contribution is 5.80. The summed E-state index contributed by atoms with van der Waals surface area (Å²) in [5, 5.41) is 0. The van der Waals surface area contributed by atoms with E-state index in [1.165, 1.54) is 77.0 Å². The van der Waals surface area contributed by atoms with Gasteiger partial charge in [0.1, 0.15) is 5.78 Å². The zero-order valence-electron chi connectivity index (χ0n) is 14.0. The molecule has 0 aromatic heterocycles. The van der Waals surface area contributed by atoms with Crippen LogP contribution in [0.2, 0.25) is 0 Å². The fourth-order valence-electron chi connectivity index (χ4n) is 3.53. The Morgan fingerprint density at radius 1 is 0.800 bits per heavy atom. The maximum absolute atomic E-state index is 12.2. The Hall–Kier alpha value is -0.330. The van der Waals surface area contributed by atoms with E-state index in [1.54, 1.807) is 0 Å². The van der Waals surface area contributed by atoms with Crippen molar-refractivity contribution in [1.29, 1.82) is 0 Å². The van der Waals surface area contributed by atoms with Gasteiger partial charge in [0.2, 0.25) is 0 Å². The maximum atomic E-state index is 12.2. The molecule has 0 radical (unpaired) electrons. The van der Waals surface area contributed by atoms with Gasteiger partial charge in [-0.15, -0.1) is 0 Å². The quantitative estimate of drug-likeness (QED) is 0.406. The number of carbonyl (C=O) groups excluding carboxylic acids is 1. The van der Waals surface area contributed by atoms with E-state index in [4.69, 9.17) is 0 Å². The van der Waals surface area contributed by atoms with Crippen molar-refractivity contribution < 1.29 is 4.79 Å². The van der Waals surface area contributed by atoms with Gasteiger partial charge in [-0.2, -0.15) is 0 Å². The average molecular weight is 280 g/mol. The summed E-state index contributed by atoms with van der Waals surface area (Å²) in [7, 11) is 0. The van der Waals surface area contributed by atoms with E-state index >= 15 is 0 Å². The molecule has 0 aromatic rings. The normalized spacial score (nSPS) is 22.9. The molecule has 1 aliphatic carbocycles. The number of rotatable bonds is 11. The Balaban J connectivity index is 1.95. The molecule has 1 saturated carbocycles. The van der Waals surface area contributed by atoms with Crippen molar-refractivity contribution in [3.05, 3.63) is 0 Å². The summed E-state index contributed by atoms with van der Waals surface area (Å²) in [4.78, 5) is 12.2. The van der Waals surface area contributed by atoms with E-state index < -0.39 is 0 Å². The van der Waals surface area contributed by atoms with Gasteiger partial charge in [-0.05, 0) is 38.0 Å². The average Bonchev–Trinajstić information content (AvgIpc) is 2.50. The van der Waals surface area contributed by atoms with Crippen LogP contribution in [0.4, 0.5) is 0 Å². The highest BCUT2D eigenvalue weighted by atomic mass is 16.1. The van der Waals surface area contributed by atoms with Gasteiger partial charge in [-0.25, -0.2) is 0 Å². The summed E-state index contributed by atoms with van der Waals surface area (Å²) in [6.07, 6.45) is 17.7. The molecule has 0 bridgehead atoms. The van der Waals surface area contributed by atoms with Gasteiger partial charge >= 0.3 is 0 Å². The van der Waals surface area contributed by atoms with Crippen molar-refractivity contribution in [2.45, 2.75) is 104 Å². The minimum Gasteiger partial charge on any atom is -0.299 e. The van der Waals surface area contributed by atoms with Crippen molar-refractivity contribution in [2.24, 2.45) is 11.8 Å². The Morgan fingerprint density at radius 3 is 1.90 bits per heavy atom. The lowest BCUT2D eigenvalue weighted by Gasteiger charge is -2.26. The van der Waals surface area contributed by atoms with Crippen LogP contribution in [-0.2, 0) is 4.79 Å². The molecule has 20 heavy (non-hydrogen) atoms. The summed E-state index contributed by atoms with van der Waals surface area (Å²) < 4.78 is 0. The van der Waals surface area contributed by atoms with E-state index in [2.05, 4.69) is 13.8 Å². The van der Waals surface area contributed by atoms with Crippen molar-refractivity contribution in [3.63, 3.8) is 0 Å². The first kappa shape index (κ1) is 17.7. The van der Waals surface area contributed by atoms with Crippen molar-refractivity contribution in [1.82, 2.24) is 0 Å². The summed E-state index contributed by atoms with van der Waals surface area (Å²) in [6.45, 7) is 4.55. The molecule has 0 unspecified atom stereocenters. The standard InChI is InChI=1S/C19H36O/c1-3-5-6-7-8-9-10-11-12-19(20)18-15-13-17(4-2)14-16-18/h17-18H,3-16H2,1-2H3. The van der Waals surface area contributed by atoms with Crippen LogP contribution in [0.3, 0.4) is 0 Å². The second-order valence-corrected chi connectivity index (χ2v) is 6.82. The van der Waals surface area contributed by atoms with E-state index in [-0.39, 0.29) is 0 Å². The summed E-state index contributed by atoms with van der Waals surface area (Å²) in [5.74, 6) is 1.90. The first-order valence-corrected chi connectivity index (χ1v) is 9.30. The van der Waals surface area contributed by atoms with Crippen LogP contribution >= 0.6 is 0 Å². The molecular formula is C19H36O. The van der Waals surface area contributed by atoms with E-state index in [0.29, 0.717) is 11.7 Å². The van der Waals surface area contributed by atoms with Gasteiger partial charge < -0.3 is 0 Å². The minimum atomic E-state index is 0.419. The molecule has 1 heteroatoms. The number of hydrogen-bond acceptors (Lipinski definition) is 1. The third kappa shape index (κ3) is 7.45. The number of ketones is 1. The molecule has 0 atom stereocenters. The Morgan fingerprint density at radius 2 is 1.35 bits per heavy atom. The molecule has 0 heterocycles. The smallest absolute Gasteiger partial charge is 0.135 e. The molecule has 0 aromatic carbocycles.